The molecule has 0 heterocycles. The molecule has 0 spiro atoms. The van der Waals surface area contributed by atoms with Gasteiger partial charge in [0.2, 0.25) is 0 Å². The van der Waals surface area contributed by atoms with E-state index in [9.17, 15) is 15.0 Å². The summed E-state index contributed by atoms with van der Waals surface area (Å²) in [5.74, 6) is -1.43. The summed E-state index contributed by atoms with van der Waals surface area (Å²) in [5.41, 5.74) is 1.65. The zero-order valence-electron chi connectivity index (χ0n) is 14.9. The van der Waals surface area contributed by atoms with Crippen LogP contribution in [0.25, 0.3) is 0 Å². The second-order valence-corrected chi connectivity index (χ2v) is 7.39. The number of hydrogen-bond acceptors (Lipinski definition) is 3. The highest BCUT2D eigenvalue weighted by Gasteiger charge is 2.24. The summed E-state index contributed by atoms with van der Waals surface area (Å²) in [4.78, 5) is 13.5. The highest BCUT2D eigenvalue weighted by Crippen LogP contribution is 2.41. The number of carboxylic acid groups (broad SMARTS) is 1. The first-order valence-electron chi connectivity index (χ1n) is 8.82. The molecule has 1 unspecified atom stereocenters. The Morgan fingerprint density at radius 3 is 2.44 bits per heavy atom. The van der Waals surface area contributed by atoms with Crippen molar-refractivity contribution in [3.8, 4) is 5.75 Å². The lowest BCUT2D eigenvalue weighted by molar-refractivity contribution is -0.139. The lowest BCUT2D eigenvalue weighted by atomic mass is 9.92. The highest BCUT2D eigenvalue weighted by atomic mass is 32.2. The topological polar surface area (TPSA) is 57.5 Å². The summed E-state index contributed by atoms with van der Waals surface area (Å²) in [7, 11) is 0. The summed E-state index contributed by atoms with van der Waals surface area (Å²) in [6, 6.07) is 13.4. The Kier molecular flexibility index (Phi) is 7.38. The monoisotopic (exact) mass is 358 g/mol. The molecule has 134 valence electrons. The van der Waals surface area contributed by atoms with Crippen LogP contribution in [0.5, 0.6) is 5.75 Å². The molecule has 0 aliphatic heterocycles. The summed E-state index contributed by atoms with van der Waals surface area (Å²) in [5, 5.41) is 20.3. The second-order valence-electron chi connectivity index (χ2n) is 6.30. The van der Waals surface area contributed by atoms with Gasteiger partial charge in [0.25, 0.3) is 0 Å². The van der Waals surface area contributed by atoms with Gasteiger partial charge in [-0.3, -0.25) is 4.79 Å². The number of carboxylic acids is 1. The Labute approximate surface area is 154 Å². The minimum Gasteiger partial charge on any atom is -0.506 e. The van der Waals surface area contributed by atoms with Crippen LogP contribution in [0.15, 0.2) is 52.3 Å². The number of aromatic hydroxyl groups is 1. The van der Waals surface area contributed by atoms with Gasteiger partial charge in [0.05, 0.1) is 10.8 Å². The van der Waals surface area contributed by atoms with Gasteiger partial charge in [0.1, 0.15) is 5.75 Å². The largest absolute Gasteiger partial charge is 0.506 e. The molecule has 0 saturated carbocycles. The van der Waals surface area contributed by atoms with Crippen molar-refractivity contribution in [2.75, 3.05) is 0 Å². The third kappa shape index (κ3) is 5.27. The van der Waals surface area contributed by atoms with Gasteiger partial charge < -0.3 is 10.2 Å². The Morgan fingerprint density at radius 1 is 1.04 bits per heavy atom. The molecule has 0 amide bonds. The van der Waals surface area contributed by atoms with Crippen LogP contribution in [0.4, 0.5) is 0 Å². The SMILES string of the molecule is CCCCCCC(C(=O)O)c1cccc(Sc2ccccc2C)c1O. The Morgan fingerprint density at radius 2 is 1.76 bits per heavy atom. The van der Waals surface area contributed by atoms with Crippen molar-refractivity contribution in [2.24, 2.45) is 0 Å². The molecular formula is C21H26O3S. The van der Waals surface area contributed by atoms with E-state index in [-0.39, 0.29) is 5.75 Å². The maximum absolute atomic E-state index is 11.7. The third-order valence-corrected chi connectivity index (χ3v) is 5.59. The highest BCUT2D eigenvalue weighted by molar-refractivity contribution is 7.99. The first-order chi connectivity index (χ1) is 12.0. The number of phenolic OH excluding ortho intramolecular Hbond substituents is 1. The smallest absolute Gasteiger partial charge is 0.311 e. The Bertz CT molecular complexity index is 712. The first kappa shape index (κ1) is 19.4. The van der Waals surface area contributed by atoms with E-state index < -0.39 is 11.9 Å². The van der Waals surface area contributed by atoms with Crippen LogP contribution in [0, 0.1) is 6.92 Å². The van der Waals surface area contributed by atoms with E-state index in [1.165, 1.54) is 11.8 Å². The molecule has 0 aliphatic carbocycles. The molecule has 2 N–H and O–H groups in total. The number of benzene rings is 2. The minimum atomic E-state index is -0.871. The molecule has 0 saturated heterocycles. The Balaban J connectivity index is 2.22. The van der Waals surface area contributed by atoms with E-state index in [2.05, 4.69) is 6.92 Å². The van der Waals surface area contributed by atoms with E-state index in [0.717, 1.165) is 36.1 Å². The molecule has 2 aromatic carbocycles. The molecular weight excluding hydrogens is 332 g/mol. The van der Waals surface area contributed by atoms with Crippen LogP contribution < -0.4 is 0 Å². The van der Waals surface area contributed by atoms with Crippen molar-refractivity contribution in [2.45, 2.75) is 61.7 Å². The number of phenols is 1. The third-order valence-electron chi connectivity index (χ3n) is 4.36. The number of aryl methyl sites for hydroxylation is 1. The Hall–Kier alpha value is -1.94. The van der Waals surface area contributed by atoms with Crippen molar-refractivity contribution in [3.63, 3.8) is 0 Å². The maximum Gasteiger partial charge on any atom is 0.311 e. The van der Waals surface area contributed by atoms with Crippen LogP contribution in [-0.2, 0) is 4.79 Å². The van der Waals surface area contributed by atoms with Crippen LogP contribution in [0.1, 0.15) is 56.1 Å². The average Bonchev–Trinajstić information content (AvgIpc) is 2.59. The summed E-state index contributed by atoms with van der Waals surface area (Å²) in [6.07, 6.45) is 4.67. The fourth-order valence-electron chi connectivity index (χ4n) is 2.88. The van der Waals surface area contributed by atoms with Gasteiger partial charge in [-0.2, -0.15) is 0 Å². The van der Waals surface area contributed by atoms with Gasteiger partial charge in [-0.1, -0.05) is 74.7 Å². The predicted octanol–water partition coefficient (Wildman–Crippen LogP) is 5.99. The molecule has 25 heavy (non-hydrogen) atoms. The molecule has 2 aromatic rings. The van der Waals surface area contributed by atoms with Gasteiger partial charge in [0.15, 0.2) is 0 Å². The zero-order chi connectivity index (χ0) is 18.2. The number of para-hydroxylation sites is 1. The van der Waals surface area contributed by atoms with Crippen molar-refractivity contribution >= 4 is 17.7 Å². The van der Waals surface area contributed by atoms with Crippen LogP contribution in [0.2, 0.25) is 0 Å². The molecule has 0 bridgehead atoms. The average molecular weight is 359 g/mol. The molecule has 1 atom stereocenters. The summed E-state index contributed by atoms with van der Waals surface area (Å²) < 4.78 is 0. The van der Waals surface area contributed by atoms with Crippen LogP contribution in [0.3, 0.4) is 0 Å². The lowest BCUT2D eigenvalue weighted by Crippen LogP contribution is -2.12. The predicted molar refractivity (Wildman–Crippen MR) is 103 cm³/mol. The number of rotatable bonds is 9. The molecule has 0 aromatic heterocycles. The van der Waals surface area contributed by atoms with E-state index in [4.69, 9.17) is 0 Å². The van der Waals surface area contributed by atoms with Crippen molar-refractivity contribution in [1.29, 1.82) is 0 Å². The first-order valence-corrected chi connectivity index (χ1v) is 9.64. The van der Waals surface area contributed by atoms with Crippen molar-refractivity contribution < 1.29 is 15.0 Å². The molecule has 0 radical (unpaired) electrons. The standard InChI is InChI=1S/C21H26O3S/c1-3-4-5-6-11-17(21(23)24)16-12-9-14-19(20(16)22)25-18-13-8-7-10-15(18)2/h7-10,12-14,17,22H,3-6,11H2,1-2H3,(H,23,24). The van der Waals surface area contributed by atoms with Crippen LogP contribution >= 0.6 is 11.8 Å². The van der Waals surface area contributed by atoms with E-state index in [1.807, 2.05) is 43.3 Å². The van der Waals surface area contributed by atoms with Gasteiger partial charge in [-0.05, 0) is 31.0 Å². The fourth-order valence-corrected chi connectivity index (χ4v) is 3.85. The van der Waals surface area contributed by atoms with Crippen molar-refractivity contribution in [3.05, 3.63) is 53.6 Å². The number of aliphatic carboxylic acids is 1. The van der Waals surface area contributed by atoms with Crippen molar-refractivity contribution in [1.82, 2.24) is 0 Å². The molecule has 0 aliphatic rings. The van der Waals surface area contributed by atoms with E-state index >= 15 is 0 Å². The second kappa shape index (κ2) is 9.52. The quantitative estimate of drug-likeness (QED) is 0.541. The van der Waals surface area contributed by atoms with E-state index in [0.29, 0.717) is 16.9 Å². The zero-order valence-corrected chi connectivity index (χ0v) is 15.7. The lowest BCUT2D eigenvalue weighted by Gasteiger charge is -2.16. The van der Waals surface area contributed by atoms with Gasteiger partial charge >= 0.3 is 5.97 Å². The van der Waals surface area contributed by atoms with Gasteiger partial charge in [0, 0.05) is 10.5 Å². The van der Waals surface area contributed by atoms with E-state index in [1.54, 1.807) is 6.07 Å². The minimum absolute atomic E-state index is 0.0960. The molecule has 4 heteroatoms. The summed E-state index contributed by atoms with van der Waals surface area (Å²) in [6.45, 7) is 4.16. The number of carbonyl (C=O) groups is 1. The molecule has 3 nitrogen and oxygen atoms in total. The maximum atomic E-state index is 11.7. The van der Waals surface area contributed by atoms with Crippen LogP contribution in [-0.4, -0.2) is 16.2 Å². The molecule has 2 rings (SSSR count). The molecule has 0 fully saturated rings. The number of hydrogen-bond donors (Lipinski definition) is 2. The van der Waals surface area contributed by atoms with Gasteiger partial charge in [-0.15, -0.1) is 0 Å². The number of unbranched alkanes of at least 4 members (excludes halogenated alkanes) is 3. The summed E-state index contributed by atoms with van der Waals surface area (Å²) >= 11 is 1.47. The fraction of sp³-hybridized carbons (Fsp3) is 0.381. The normalized spacial score (nSPS) is 12.1. The van der Waals surface area contributed by atoms with Gasteiger partial charge in [-0.25, -0.2) is 0 Å².